The van der Waals surface area contributed by atoms with Gasteiger partial charge in [-0.25, -0.2) is 0 Å². The molecule has 1 aromatic carbocycles. The third-order valence-corrected chi connectivity index (χ3v) is 2.64. The van der Waals surface area contributed by atoms with Crippen LogP contribution in [-0.4, -0.2) is 33.9 Å². The molecule has 0 aliphatic rings. The molecule has 0 saturated heterocycles. The van der Waals surface area contributed by atoms with Gasteiger partial charge in [-0.05, 0) is 37.6 Å². The fraction of sp³-hybridized carbons (Fsp3) is 0.571. The van der Waals surface area contributed by atoms with E-state index >= 15 is 0 Å². The third-order valence-electron chi connectivity index (χ3n) is 2.64. The van der Waals surface area contributed by atoms with Gasteiger partial charge in [0.25, 0.3) is 0 Å². The summed E-state index contributed by atoms with van der Waals surface area (Å²) >= 11 is 0. The van der Waals surface area contributed by atoms with Crippen molar-refractivity contribution in [3.63, 3.8) is 0 Å². The highest BCUT2D eigenvalue weighted by molar-refractivity contribution is 5.33. The van der Waals surface area contributed by atoms with E-state index in [1.807, 2.05) is 19.2 Å². The molecule has 96 valence electrons. The standard InChI is InChI=1S/C14H23NO2/c1-12(11-15-2)10-13-6-4-5-7-14(13)17-9-8-16-3/h4-7,12,15H,8-11H2,1-3H3. The first-order valence-electron chi connectivity index (χ1n) is 6.12. The molecular weight excluding hydrogens is 214 g/mol. The molecule has 1 unspecified atom stereocenters. The van der Waals surface area contributed by atoms with E-state index in [2.05, 4.69) is 24.4 Å². The minimum absolute atomic E-state index is 0.604. The zero-order valence-corrected chi connectivity index (χ0v) is 11.0. The van der Waals surface area contributed by atoms with Crippen LogP contribution in [0.5, 0.6) is 5.75 Å². The van der Waals surface area contributed by atoms with Crippen molar-refractivity contribution < 1.29 is 9.47 Å². The lowest BCUT2D eigenvalue weighted by molar-refractivity contribution is 0.145. The van der Waals surface area contributed by atoms with Gasteiger partial charge >= 0.3 is 0 Å². The monoisotopic (exact) mass is 237 g/mol. The molecule has 1 aromatic rings. The fourth-order valence-corrected chi connectivity index (χ4v) is 1.84. The van der Waals surface area contributed by atoms with Crippen molar-refractivity contribution in [2.24, 2.45) is 5.92 Å². The number of para-hydroxylation sites is 1. The molecule has 1 rings (SSSR count). The molecule has 0 amide bonds. The summed E-state index contributed by atoms with van der Waals surface area (Å²) in [6, 6.07) is 8.23. The van der Waals surface area contributed by atoms with Crippen LogP contribution < -0.4 is 10.1 Å². The summed E-state index contributed by atoms with van der Waals surface area (Å²) in [5.41, 5.74) is 1.27. The van der Waals surface area contributed by atoms with Crippen LogP contribution in [0, 0.1) is 5.92 Å². The molecule has 1 N–H and O–H groups in total. The highest BCUT2D eigenvalue weighted by Crippen LogP contribution is 2.21. The Morgan fingerprint density at radius 3 is 2.71 bits per heavy atom. The lowest BCUT2D eigenvalue weighted by Gasteiger charge is -2.15. The first-order chi connectivity index (χ1) is 8.27. The maximum atomic E-state index is 5.71. The third kappa shape index (κ3) is 5.20. The summed E-state index contributed by atoms with van der Waals surface area (Å²) < 4.78 is 10.7. The van der Waals surface area contributed by atoms with Crippen LogP contribution in [0.25, 0.3) is 0 Å². The predicted octanol–water partition coefficient (Wildman–Crippen LogP) is 2.11. The van der Waals surface area contributed by atoms with E-state index in [1.165, 1.54) is 5.56 Å². The van der Waals surface area contributed by atoms with Crippen molar-refractivity contribution in [3.05, 3.63) is 29.8 Å². The Hall–Kier alpha value is -1.06. The first kappa shape index (κ1) is 14.0. The number of nitrogens with one attached hydrogen (secondary N) is 1. The minimum Gasteiger partial charge on any atom is -0.491 e. The van der Waals surface area contributed by atoms with Gasteiger partial charge in [-0.15, -0.1) is 0 Å². The Bertz CT molecular complexity index is 315. The summed E-state index contributed by atoms with van der Waals surface area (Å²) in [6.45, 7) is 4.49. The Kier molecular flexibility index (Phi) is 6.67. The number of ether oxygens (including phenoxy) is 2. The van der Waals surface area contributed by atoms with Crippen LogP contribution in [0.1, 0.15) is 12.5 Å². The highest BCUT2D eigenvalue weighted by atomic mass is 16.5. The SMILES string of the molecule is CNCC(C)Cc1ccccc1OCCOC. The second-order valence-corrected chi connectivity index (χ2v) is 4.32. The number of methoxy groups -OCH3 is 1. The molecule has 3 heteroatoms. The molecular formula is C14H23NO2. The van der Waals surface area contributed by atoms with E-state index in [9.17, 15) is 0 Å². The number of rotatable bonds is 8. The highest BCUT2D eigenvalue weighted by Gasteiger charge is 2.07. The molecule has 0 bridgehead atoms. The lowest BCUT2D eigenvalue weighted by Crippen LogP contribution is -2.18. The number of benzene rings is 1. The summed E-state index contributed by atoms with van der Waals surface area (Å²) in [5.74, 6) is 1.58. The van der Waals surface area contributed by atoms with E-state index in [1.54, 1.807) is 7.11 Å². The number of hydrogen-bond donors (Lipinski definition) is 1. The zero-order valence-electron chi connectivity index (χ0n) is 11.0. The summed E-state index contributed by atoms with van der Waals surface area (Å²) in [6.07, 6.45) is 1.03. The maximum Gasteiger partial charge on any atom is 0.122 e. The topological polar surface area (TPSA) is 30.5 Å². The van der Waals surface area contributed by atoms with Gasteiger partial charge in [-0.3, -0.25) is 0 Å². The Morgan fingerprint density at radius 2 is 2.00 bits per heavy atom. The molecule has 17 heavy (non-hydrogen) atoms. The second kappa shape index (κ2) is 8.09. The smallest absolute Gasteiger partial charge is 0.122 e. The van der Waals surface area contributed by atoms with Gasteiger partial charge in [0.15, 0.2) is 0 Å². The summed E-state index contributed by atoms with van der Waals surface area (Å²) in [7, 11) is 3.67. The van der Waals surface area contributed by atoms with E-state index in [4.69, 9.17) is 9.47 Å². The van der Waals surface area contributed by atoms with E-state index in [0.717, 1.165) is 18.7 Å². The van der Waals surface area contributed by atoms with Crippen LogP contribution >= 0.6 is 0 Å². The average Bonchev–Trinajstić information content (AvgIpc) is 2.32. The van der Waals surface area contributed by atoms with Gasteiger partial charge in [-0.2, -0.15) is 0 Å². The van der Waals surface area contributed by atoms with Gasteiger partial charge in [0, 0.05) is 7.11 Å². The molecule has 1 atom stereocenters. The van der Waals surface area contributed by atoms with Crippen molar-refractivity contribution in [2.75, 3.05) is 33.9 Å². The summed E-state index contributed by atoms with van der Waals surface area (Å²) in [4.78, 5) is 0. The molecule has 0 spiro atoms. The Labute approximate surface area is 104 Å². The second-order valence-electron chi connectivity index (χ2n) is 4.32. The van der Waals surface area contributed by atoms with Crippen LogP contribution in [-0.2, 0) is 11.2 Å². The fourth-order valence-electron chi connectivity index (χ4n) is 1.84. The number of hydrogen-bond acceptors (Lipinski definition) is 3. The van der Waals surface area contributed by atoms with Crippen molar-refractivity contribution >= 4 is 0 Å². The first-order valence-corrected chi connectivity index (χ1v) is 6.12. The van der Waals surface area contributed by atoms with Crippen molar-refractivity contribution in [3.8, 4) is 5.75 Å². The Morgan fingerprint density at radius 1 is 1.24 bits per heavy atom. The molecule has 0 fully saturated rings. The quantitative estimate of drug-likeness (QED) is 0.702. The van der Waals surface area contributed by atoms with Gasteiger partial charge in [-0.1, -0.05) is 25.1 Å². The predicted molar refractivity (Wildman–Crippen MR) is 70.6 cm³/mol. The zero-order chi connectivity index (χ0) is 12.5. The van der Waals surface area contributed by atoms with Crippen molar-refractivity contribution in [1.82, 2.24) is 5.32 Å². The van der Waals surface area contributed by atoms with Gasteiger partial charge in [0.1, 0.15) is 12.4 Å². The lowest BCUT2D eigenvalue weighted by atomic mass is 10.0. The molecule has 0 aliphatic carbocycles. The molecule has 0 aromatic heterocycles. The van der Waals surface area contributed by atoms with Crippen LogP contribution in [0.3, 0.4) is 0 Å². The van der Waals surface area contributed by atoms with Crippen LogP contribution in [0.4, 0.5) is 0 Å². The minimum atomic E-state index is 0.604. The van der Waals surface area contributed by atoms with Crippen molar-refractivity contribution in [2.45, 2.75) is 13.3 Å². The summed E-state index contributed by atoms with van der Waals surface area (Å²) in [5, 5.41) is 3.20. The molecule has 0 heterocycles. The van der Waals surface area contributed by atoms with Gasteiger partial charge < -0.3 is 14.8 Å². The molecule has 0 radical (unpaired) electrons. The normalized spacial score (nSPS) is 12.4. The van der Waals surface area contributed by atoms with Gasteiger partial charge in [0.2, 0.25) is 0 Å². The molecule has 0 aliphatic heterocycles. The van der Waals surface area contributed by atoms with Crippen molar-refractivity contribution in [1.29, 1.82) is 0 Å². The Balaban J connectivity index is 2.57. The van der Waals surface area contributed by atoms with E-state index < -0.39 is 0 Å². The molecule has 3 nitrogen and oxygen atoms in total. The molecule has 0 saturated carbocycles. The van der Waals surface area contributed by atoms with Gasteiger partial charge in [0.05, 0.1) is 6.61 Å². The largest absolute Gasteiger partial charge is 0.491 e. The van der Waals surface area contributed by atoms with E-state index in [0.29, 0.717) is 19.1 Å². The van der Waals surface area contributed by atoms with Crippen LogP contribution in [0.15, 0.2) is 24.3 Å². The average molecular weight is 237 g/mol. The van der Waals surface area contributed by atoms with Crippen LogP contribution in [0.2, 0.25) is 0 Å². The maximum absolute atomic E-state index is 5.71. The van der Waals surface area contributed by atoms with E-state index in [-0.39, 0.29) is 0 Å².